The van der Waals surface area contributed by atoms with Crippen LogP contribution >= 0.6 is 22.9 Å². The third-order valence-corrected chi connectivity index (χ3v) is 7.01. The van der Waals surface area contributed by atoms with Gasteiger partial charge in [0.15, 0.2) is 0 Å². The maximum absolute atomic E-state index is 15.3. The fourth-order valence-corrected chi connectivity index (χ4v) is 5.14. The Bertz CT molecular complexity index is 1180. The van der Waals surface area contributed by atoms with Crippen molar-refractivity contribution in [3.63, 3.8) is 0 Å². The largest absolute Gasteiger partial charge is 0.466 e. The molecular formula is C26H27ClFNO6S. The molecule has 1 aromatic heterocycles. The number of nitrogens with zero attached hydrogens (tertiary/aromatic N) is 1. The first kappa shape index (κ1) is 27.5. The lowest BCUT2D eigenvalue weighted by atomic mass is 9.90. The Kier molecular flexibility index (Phi) is 9.78. The Morgan fingerprint density at radius 3 is 2.31 bits per heavy atom. The monoisotopic (exact) mass is 535 g/mol. The lowest BCUT2D eigenvalue weighted by Crippen LogP contribution is -2.40. The second-order valence-electron chi connectivity index (χ2n) is 8.06. The van der Waals surface area contributed by atoms with Gasteiger partial charge in [-0.15, -0.1) is 11.3 Å². The zero-order valence-corrected chi connectivity index (χ0v) is 21.7. The van der Waals surface area contributed by atoms with Crippen molar-refractivity contribution >= 4 is 52.4 Å². The van der Waals surface area contributed by atoms with Gasteiger partial charge in [0, 0.05) is 21.6 Å². The molecule has 0 fully saturated rings. The highest BCUT2D eigenvalue weighted by Gasteiger charge is 2.37. The van der Waals surface area contributed by atoms with E-state index in [4.69, 9.17) is 21.1 Å². The van der Waals surface area contributed by atoms with Crippen LogP contribution in [0.3, 0.4) is 0 Å². The van der Waals surface area contributed by atoms with Crippen LogP contribution in [0, 0.1) is 5.13 Å². The molecule has 0 N–H and O–H groups in total. The first-order valence-electron chi connectivity index (χ1n) is 11.7. The Hall–Kier alpha value is -3.04. The number of halogens is 2. The Labute approximate surface area is 217 Å². The van der Waals surface area contributed by atoms with Crippen LogP contribution in [0.1, 0.15) is 61.2 Å². The van der Waals surface area contributed by atoms with Crippen LogP contribution in [0.5, 0.6) is 0 Å². The molecule has 0 saturated heterocycles. The first-order valence-corrected chi connectivity index (χ1v) is 12.9. The summed E-state index contributed by atoms with van der Waals surface area (Å²) in [5.74, 6) is -2.88. The summed E-state index contributed by atoms with van der Waals surface area (Å²) in [6, 6.07) is 7.91. The average Bonchev–Trinajstić information content (AvgIpc) is 3.15. The molecule has 0 saturated carbocycles. The van der Waals surface area contributed by atoms with Crippen LogP contribution in [-0.2, 0) is 30.3 Å². The summed E-state index contributed by atoms with van der Waals surface area (Å²) in [6.07, 6.45) is 2.13. The highest BCUT2D eigenvalue weighted by Crippen LogP contribution is 2.41. The molecule has 1 aliphatic rings. The number of carbonyl (C=O) groups is 4. The summed E-state index contributed by atoms with van der Waals surface area (Å²) in [5, 5.41) is -1.13. The quantitative estimate of drug-likeness (QED) is 0.305. The van der Waals surface area contributed by atoms with Gasteiger partial charge in [-0.2, -0.15) is 4.39 Å². The third-order valence-electron chi connectivity index (χ3n) is 5.52. The molecule has 0 spiro atoms. The standard InChI is InChI=1S/C26H27ClFNO6S/c1-3-14-35-26(33)18-13-9-8-12-17(18)25(32)29(24(31)16-10-6-5-7-11-16)22-21(27)19(36-23(22)28)15-20(30)34-4-2/h5-7,10-11H,3-4,8-9,12-15H2,1-2H3. The molecule has 7 nitrogen and oxygen atoms in total. The van der Waals surface area contributed by atoms with Gasteiger partial charge in [-0.1, -0.05) is 36.7 Å². The molecule has 0 radical (unpaired) electrons. The van der Waals surface area contributed by atoms with Crippen molar-refractivity contribution in [2.75, 3.05) is 18.1 Å². The van der Waals surface area contributed by atoms with Crippen LogP contribution in [0.25, 0.3) is 0 Å². The maximum atomic E-state index is 15.3. The van der Waals surface area contributed by atoms with E-state index in [0.717, 1.165) is 0 Å². The van der Waals surface area contributed by atoms with Crippen LogP contribution in [0.15, 0.2) is 41.5 Å². The number of ether oxygens (including phenoxy) is 2. The van der Waals surface area contributed by atoms with Crippen molar-refractivity contribution in [1.82, 2.24) is 0 Å². The number of anilines is 1. The van der Waals surface area contributed by atoms with E-state index < -0.39 is 34.6 Å². The molecule has 0 bridgehead atoms. The van der Waals surface area contributed by atoms with E-state index in [-0.39, 0.29) is 52.7 Å². The molecule has 0 aliphatic heterocycles. The average molecular weight is 536 g/mol. The van der Waals surface area contributed by atoms with Gasteiger partial charge < -0.3 is 9.47 Å². The van der Waals surface area contributed by atoms with Crippen LogP contribution in [0.4, 0.5) is 10.1 Å². The number of hydrogen-bond donors (Lipinski definition) is 0. The number of thiophene rings is 1. The van der Waals surface area contributed by atoms with E-state index in [0.29, 0.717) is 41.9 Å². The predicted octanol–water partition coefficient (Wildman–Crippen LogP) is 5.64. The highest BCUT2D eigenvalue weighted by molar-refractivity contribution is 7.11. The molecule has 0 unspecified atom stereocenters. The number of carbonyl (C=O) groups excluding carboxylic acids is 4. The first-order chi connectivity index (χ1) is 17.3. The minimum atomic E-state index is -0.900. The van der Waals surface area contributed by atoms with Crippen molar-refractivity contribution < 1.29 is 33.0 Å². The van der Waals surface area contributed by atoms with E-state index in [2.05, 4.69) is 0 Å². The predicted molar refractivity (Wildman–Crippen MR) is 135 cm³/mol. The van der Waals surface area contributed by atoms with Gasteiger partial charge in [0.2, 0.25) is 5.13 Å². The van der Waals surface area contributed by atoms with E-state index in [1.807, 2.05) is 6.92 Å². The van der Waals surface area contributed by atoms with Gasteiger partial charge in [0.25, 0.3) is 11.8 Å². The topological polar surface area (TPSA) is 90.0 Å². The number of hydrogen-bond acceptors (Lipinski definition) is 7. The summed E-state index contributed by atoms with van der Waals surface area (Å²) in [4.78, 5) is 52.9. The van der Waals surface area contributed by atoms with Crippen molar-refractivity contribution in [3.8, 4) is 0 Å². The highest BCUT2D eigenvalue weighted by atomic mass is 35.5. The number of amides is 2. The van der Waals surface area contributed by atoms with Crippen molar-refractivity contribution in [2.24, 2.45) is 0 Å². The summed E-state index contributed by atoms with van der Waals surface area (Å²) >= 11 is 7.02. The smallest absolute Gasteiger partial charge is 0.334 e. The number of imide groups is 1. The van der Waals surface area contributed by atoms with Crippen molar-refractivity contribution in [3.05, 3.63) is 62.1 Å². The second-order valence-corrected chi connectivity index (χ2v) is 9.49. The van der Waals surface area contributed by atoms with Gasteiger partial charge in [0.1, 0.15) is 5.69 Å². The molecule has 1 aromatic carbocycles. The van der Waals surface area contributed by atoms with E-state index in [9.17, 15) is 19.2 Å². The number of benzene rings is 1. The number of esters is 2. The molecule has 2 aromatic rings. The molecule has 10 heteroatoms. The third kappa shape index (κ3) is 6.20. The normalized spacial score (nSPS) is 13.3. The fourth-order valence-electron chi connectivity index (χ4n) is 3.85. The Balaban J connectivity index is 2.12. The lowest BCUT2D eigenvalue weighted by molar-refractivity contribution is -0.142. The maximum Gasteiger partial charge on any atom is 0.334 e. The molecule has 1 aliphatic carbocycles. The zero-order chi connectivity index (χ0) is 26.2. The van der Waals surface area contributed by atoms with Gasteiger partial charge in [-0.25, -0.2) is 9.69 Å². The minimum Gasteiger partial charge on any atom is -0.466 e. The zero-order valence-electron chi connectivity index (χ0n) is 20.1. The summed E-state index contributed by atoms with van der Waals surface area (Å²) in [5.41, 5.74) is -0.0329. The van der Waals surface area contributed by atoms with E-state index in [1.54, 1.807) is 25.1 Å². The lowest BCUT2D eigenvalue weighted by Gasteiger charge is -2.25. The van der Waals surface area contributed by atoms with Crippen LogP contribution in [0.2, 0.25) is 5.02 Å². The molecule has 1 heterocycles. The van der Waals surface area contributed by atoms with Crippen LogP contribution < -0.4 is 4.90 Å². The SMILES string of the molecule is CCCOC(=O)C1=C(C(=O)N(C(=O)c2ccccc2)c2c(F)sc(CC(=O)OCC)c2Cl)CCCC1. The van der Waals surface area contributed by atoms with Gasteiger partial charge >= 0.3 is 11.9 Å². The molecule has 36 heavy (non-hydrogen) atoms. The van der Waals surface area contributed by atoms with E-state index in [1.165, 1.54) is 12.1 Å². The molecular weight excluding hydrogens is 509 g/mol. The molecule has 192 valence electrons. The van der Waals surface area contributed by atoms with Gasteiger partial charge in [-0.05, 0) is 51.2 Å². The van der Waals surface area contributed by atoms with Gasteiger partial charge in [0.05, 0.1) is 24.7 Å². The summed E-state index contributed by atoms with van der Waals surface area (Å²) < 4.78 is 25.5. The minimum absolute atomic E-state index is 0.0974. The van der Waals surface area contributed by atoms with Crippen molar-refractivity contribution in [2.45, 2.75) is 52.4 Å². The second kappa shape index (κ2) is 12.8. The summed E-state index contributed by atoms with van der Waals surface area (Å²) in [6.45, 7) is 3.82. The van der Waals surface area contributed by atoms with Crippen LogP contribution in [-0.4, -0.2) is 37.0 Å². The van der Waals surface area contributed by atoms with E-state index >= 15 is 4.39 Å². The Morgan fingerprint density at radius 2 is 1.67 bits per heavy atom. The molecule has 3 rings (SSSR count). The summed E-state index contributed by atoms with van der Waals surface area (Å²) in [7, 11) is 0. The Morgan fingerprint density at radius 1 is 1.00 bits per heavy atom. The molecule has 2 amide bonds. The van der Waals surface area contributed by atoms with Gasteiger partial charge in [-0.3, -0.25) is 14.4 Å². The van der Waals surface area contributed by atoms with Crippen molar-refractivity contribution in [1.29, 1.82) is 0 Å². The number of rotatable bonds is 9. The fraction of sp³-hybridized carbons (Fsp3) is 0.385. The molecule has 0 atom stereocenters.